The number of unbranched alkanes of at least 4 members (excludes halogenated alkanes) is 1. The highest BCUT2D eigenvalue weighted by atomic mass is 16.6. The molecule has 1 unspecified atom stereocenters. The van der Waals surface area contributed by atoms with Gasteiger partial charge in [-0.2, -0.15) is 0 Å². The molecule has 0 spiro atoms. The Morgan fingerprint density at radius 3 is 2.18 bits per heavy atom. The molecule has 0 saturated heterocycles. The molecule has 0 aromatic rings. The first-order valence-electron chi connectivity index (χ1n) is 12.0. The molecule has 0 rings (SSSR count). The maximum Gasteiger partial charge on any atom is 0.408 e. The van der Waals surface area contributed by atoms with Crippen LogP contribution in [0.4, 0.5) is 9.59 Å². The smallest absolute Gasteiger partial charge is 0.408 e. The zero-order chi connectivity index (χ0) is 25.8. The zero-order valence-corrected chi connectivity index (χ0v) is 21.4. The fourth-order valence-corrected chi connectivity index (χ4v) is 2.71. The molecule has 0 aromatic carbocycles. The fraction of sp³-hybridized carbons (Fsp3) is 0.826. The normalized spacial score (nSPS) is 11.8. The number of hydrogen-bond acceptors (Lipinski definition) is 8. The zero-order valence-electron chi connectivity index (χ0n) is 21.4. The summed E-state index contributed by atoms with van der Waals surface area (Å²) in [6, 6.07) is -0.755. The summed E-state index contributed by atoms with van der Waals surface area (Å²) >= 11 is 0. The summed E-state index contributed by atoms with van der Waals surface area (Å²) in [6.07, 6.45) is 3.21. The number of amides is 3. The van der Waals surface area contributed by atoms with E-state index in [1.807, 2.05) is 6.92 Å². The van der Waals surface area contributed by atoms with Crippen LogP contribution in [0.25, 0.3) is 0 Å². The maximum atomic E-state index is 12.6. The summed E-state index contributed by atoms with van der Waals surface area (Å²) in [7, 11) is 1.31. The molecular formula is C23H44N4O7. The number of ether oxygens (including phenoxy) is 3. The molecule has 0 bridgehead atoms. The van der Waals surface area contributed by atoms with E-state index in [2.05, 4.69) is 26.0 Å². The average molecular weight is 489 g/mol. The van der Waals surface area contributed by atoms with E-state index in [1.165, 1.54) is 7.11 Å². The van der Waals surface area contributed by atoms with Gasteiger partial charge in [-0.15, -0.1) is 0 Å². The van der Waals surface area contributed by atoms with Gasteiger partial charge in [0.05, 0.1) is 13.7 Å². The number of hydrogen-bond donors (Lipinski definition) is 4. The molecule has 0 aliphatic carbocycles. The third-order valence-electron chi connectivity index (χ3n) is 4.47. The van der Waals surface area contributed by atoms with E-state index in [0.717, 1.165) is 19.3 Å². The molecule has 0 heterocycles. The molecule has 4 N–H and O–H groups in total. The fourth-order valence-electron chi connectivity index (χ4n) is 2.71. The lowest BCUT2D eigenvalue weighted by atomic mass is 10.1. The van der Waals surface area contributed by atoms with Crippen molar-refractivity contribution in [1.29, 1.82) is 0 Å². The van der Waals surface area contributed by atoms with Crippen molar-refractivity contribution in [1.82, 2.24) is 21.3 Å². The molecule has 34 heavy (non-hydrogen) atoms. The van der Waals surface area contributed by atoms with Gasteiger partial charge in [-0.3, -0.25) is 9.59 Å². The molecule has 0 radical (unpaired) electrons. The van der Waals surface area contributed by atoms with E-state index in [4.69, 9.17) is 9.47 Å². The predicted octanol–water partition coefficient (Wildman–Crippen LogP) is 2.24. The lowest BCUT2D eigenvalue weighted by molar-refractivity contribution is -0.140. The minimum Gasteiger partial charge on any atom is -0.469 e. The number of carbonyl (C=O) groups excluding carboxylic acids is 4. The van der Waals surface area contributed by atoms with Crippen LogP contribution in [0.1, 0.15) is 72.6 Å². The lowest BCUT2D eigenvalue weighted by Crippen LogP contribution is -2.48. The number of rotatable bonds is 17. The molecule has 0 saturated carbocycles. The monoisotopic (exact) mass is 488 g/mol. The molecule has 11 nitrogen and oxygen atoms in total. The van der Waals surface area contributed by atoms with E-state index in [0.29, 0.717) is 52.0 Å². The van der Waals surface area contributed by atoms with Gasteiger partial charge >= 0.3 is 18.2 Å². The van der Waals surface area contributed by atoms with E-state index < -0.39 is 23.8 Å². The average Bonchev–Trinajstić information content (AvgIpc) is 2.76. The van der Waals surface area contributed by atoms with Crippen LogP contribution in [0.15, 0.2) is 0 Å². The van der Waals surface area contributed by atoms with Crippen molar-refractivity contribution < 1.29 is 33.4 Å². The van der Waals surface area contributed by atoms with Crippen LogP contribution in [0.3, 0.4) is 0 Å². The molecule has 3 amide bonds. The molecule has 0 aromatic heterocycles. The molecular weight excluding hydrogens is 444 g/mol. The summed E-state index contributed by atoms with van der Waals surface area (Å²) in [5, 5.41) is 11.3. The van der Waals surface area contributed by atoms with Crippen LogP contribution in [0.5, 0.6) is 0 Å². The highest BCUT2D eigenvalue weighted by Gasteiger charge is 2.24. The minimum atomic E-state index is -0.755. The molecule has 0 aliphatic rings. The third-order valence-corrected chi connectivity index (χ3v) is 4.47. The van der Waals surface area contributed by atoms with Crippen molar-refractivity contribution >= 4 is 24.1 Å². The first-order valence-corrected chi connectivity index (χ1v) is 12.0. The first kappa shape index (κ1) is 31.4. The van der Waals surface area contributed by atoms with E-state index in [1.54, 1.807) is 20.8 Å². The quantitative estimate of drug-likeness (QED) is 0.139. The van der Waals surface area contributed by atoms with Crippen molar-refractivity contribution in [2.24, 2.45) is 0 Å². The largest absolute Gasteiger partial charge is 0.469 e. The van der Waals surface area contributed by atoms with Crippen molar-refractivity contribution in [2.45, 2.75) is 84.3 Å². The number of nitrogens with one attached hydrogen (secondary N) is 4. The molecule has 0 fully saturated rings. The number of carbonyl (C=O) groups is 4. The predicted molar refractivity (Wildman–Crippen MR) is 128 cm³/mol. The Morgan fingerprint density at radius 1 is 0.853 bits per heavy atom. The Kier molecular flexibility index (Phi) is 17.4. The van der Waals surface area contributed by atoms with Crippen LogP contribution in [0.2, 0.25) is 0 Å². The van der Waals surface area contributed by atoms with Crippen LogP contribution in [-0.4, -0.2) is 75.6 Å². The second-order valence-corrected chi connectivity index (χ2v) is 8.83. The van der Waals surface area contributed by atoms with Crippen LogP contribution in [-0.2, 0) is 23.8 Å². The Balaban J connectivity index is 4.28. The van der Waals surface area contributed by atoms with Crippen molar-refractivity contribution in [3.05, 3.63) is 0 Å². The Hall–Kier alpha value is -2.56. The molecule has 11 heteroatoms. The van der Waals surface area contributed by atoms with E-state index >= 15 is 0 Å². The van der Waals surface area contributed by atoms with Gasteiger partial charge in [-0.25, -0.2) is 9.59 Å². The van der Waals surface area contributed by atoms with Gasteiger partial charge in [0.2, 0.25) is 5.91 Å². The Morgan fingerprint density at radius 2 is 1.53 bits per heavy atom. The van der Waals surface area contributed by atoms with Gasteiger partial charge in [-0.05, 0) is 66.0 Å². The number of alkyl carbamates (subject to hydrolysis) is 2. The summed E-state index contributed by atoms with van der Waals surface area (Å²) < 4.78 is 14.9. The van der Waals surface area contributed by atoms with E-state index in [9.17, 15) is 19.2 Å². The van der Waals surface area contributed by atoms with E-state index in [-0.39, 0.29) is 18.3 Å². The van der Waals surface area contributed by atoms with Crippen LogP contribution < -0.4 is 21.3 Å². The molecule has 0 aliphatic heterocycles. The van der Waals surface area contributed by atoms with Crippen LogP contribution in [0, 0.1) is 0 Å². The first-order chi connectivity index (χ1) is 16.1. The number of methoxy groups -OCH3 is 1. The van der Waals surface area contributed by atoms with Gasteiger partial charge in [0.25, 0.3) is 0 Å². The van der Waals surface area contributed by atoms with Crippen molar-refractivity contribution in [3.63, 3.8) is 0 Å². The second-order valence-electron chi connectivity index (χ2n) is 8.83. The summed E-state index contributed by atoms with van der Waals surface area (Å²) in [4.78, 5) is 47.3. The molecule has 198 valence electrons. The van der Waals surface area contributed by atoms with Crippen molar-refractivity contribution in [3.8, 4) is 0 Å². The number of esters is 1. The van der Waals surface area contributed by atoms with Gasteiger partial charge in [0, 0.05) is 19.5 Å². The van der Waals surface area contributed by atoms with Gasteiger partial charge in [-0.1, -0.05) is 13.3 Å². The maximum absolute atomic E-state index is 12.6. The van der Waals surface area contributed by atoms with Crippen LogP contribution >= 0.6 is 0 Å². The lowest BCUT2D eigenvalue weighted by Gasteiger charge is -2.23. The summed E-state index contributed by atoms with van der Waals surface area (Å²) in [5.74, 6) is -0.672. The van der Waals surface area contributed by atoms with Crippen molar-refractivity contribution in [2.75, 3.05) is 39.9 Å². The molecule has 1 atom stereocenters. The third kappa shape index (κ3) is 19.0. The summed E-state index contributed by atoms with van der Waals surface area (Å²) in [5.41, 5.74) is -0.677. The SMILES string of the molecule is CCCCOC(=O)NCCCNCCCC(NC(=O)OC(C)(C)C)C(=O)NCCCC(=O)OC. The highest BCUT2D eigenvalue weighted by Crippen LogP contribution is 2.08. The highest BCUT2D eigenvalue weighted by molar-refractivity contribution is 5.85. The standard InChI is InChI=1S/C23H44N4O7/c1-6-7-17-33-21(30)26-16-10-14-24-13-8-11-18(27-22(31)34-23(2,3)4)20(29)25-15-9-12-19(28)32-5/h18,24H,6-17H2,1-5H3,(H,25,29)(H,26,30)(H,27,31). The van der Waals surface area contributed by atoms with Gasteiger partial charge in [0.1, 0.15) is 11.6 Å². The summed E-state index contributed by atoms with van der Waals surface area (Å²) in [6.45, 7) is 9.85. The topological polar surface area (TPSA) is 144 Å². The Bertz CT molecular complexity index is 609. The Labute approximate surface area is 203 Å². The second kappa shape index (κ2) is 18.8. The van der Waals surface area contributed by atoms with Gasteiger partial charge < -0.3 is 35.5 Å². The van der Waals surface area contributed by atoms with Gasteiger partial charge in [0.15, 0.2) is 0 Å². The minimum absolute atomic E-state index is 0.205.